The maximum absolute atomic E-state index is 13.1. The van der Waals surface area contributed by atoms with Crippen LogP contribution < -0.4 is 0 Å². The van der Waals surface area contributed by atoms with Gasteiger partial charge in [0.05, 0.1) is 35.2 Å². The minimum atomic E-state index is -0.406. The number of benzene rings is 2. The van der Waals surface area contributed by atoms with Gasteiger partial charge in [-0.15, -0.1) is 0 Å². The molecular formula is C21H25N3O5S. The third-order valence-corrected chi connectivity index (χ3v) is 5.99. The fourth-order valence-corrected chi connectivity index (χ4v) is 4.29. The highest BCUT2D eigenvalue weighted by atomic mass is 32.2. The minimum absolute atomic E-state index is 0.0197. The summed E-state index contributed by atoms with van der Waals surface area (Å²) in [6.45, 7) is 4.43. The number of para-hydroxylation sites is 1. The second kappa shape index (κ2) is 11.1. The van der Waals surface area contributed by atoms with Crippen LogP contribution in [-0.2, 0) is 4.74 Å². The Balaban J connectivity index is 1.65. The van der Waals surface area contributed by atoms with Crippen LogP contribution in [0.2, 0.25) is 0 Å². The lowest BCUT2D eigenvalue weighted by atomic mass is 10.2. The number of piperazine rings is 1. The van der Waals surface area contributed by atoms with E-state index in [1.807, 2.05) is 23.1 Å². The van der Waals surface area contributed by atoms with Crippen LogP contribution in [0.5, 0.6) is 0 Å². The number of aliphatic hydroxyl groups is 1. The Morgan fingerprint density at radius 2 is 1.70 bits per heavy atom. The predicted octanol–water partition coefficient (Wildman–Crippen LogP) is 2.51. The molecule has 1 N–H and O–H groups in total. The Labute approximate surface area is 179 Å². The number of amides is 1. The van der Waals surface area contributed by atoms with Gasteiger partial charge in [-0.05, 0) is 18.2 Å². The van der Waals surface area contributed by atoms with Gasteiger partial charge in [0.25, 0.3) is 11.6 Å². The van der Waals surface area contributed by atoms with Gasteiger partial charge in [0.2, 0.25) is 0 Å². The van der Waals surface area contributed by atoms with Crippen molar-refractivity contribution in [2.75, 3.05) is 52.5 Å². The molecule has 2 aromatic rings. The van der Waals surface area contributed by atoms with Crippen LogP contribution >= 0.6 is 11.8 Å². The number of carbonyl (C=O) groups is 1. The lowest BCUT2D eigenvalue weighted by Gasteiger charge is -2.35. The first-order valence-electron chi connectivity index (χ1n) is 9.80. The number of ether oxygens (including phenoxy) is 1. The Morgan fingerprint density at radius 1 is 1.03 bits per heavy atom. The first-order chi connectivity index (χ1) is 14.6. The SMILES string of the molecule is O=C(c1ccccc1Sc1ccccc1[N+](=O)[O-])N1CCN(CCOCCO)CC1. The number of hydrogen-bond acceptors (Lipinski definition) is 7. The second-order valence-corrected chi connectivity index (χ2v) is 7.88. The van der Waals surface area contributed by atoms with E-state index in [0.717, 1.165) is 19.6 Å². The molecule has 0 bridgehead atoms. The fraction of sp³-hybridized carbons (Fsp3) is 0.381. The van der Waals surface area contributed by atoms with Gasteiger partial charge in [-0.1, -0.05) is 36.0 Å². The number of rotatable bonds is 9. The van der Waals surface area contributed by atoms with Crippen LogP contribution in [0.15, 0.2) is 58.3 Å². The molecule has 0 spiro atoms. The minimum Gasteiger partial charge on any atom is -0.394 e. The van der Waals surface area contributed by atoms with E-state index in [2.05, 4.69) is 4.90 Å². The molecular weight excluding hydrogens is 406 g/mol. The van der Waals surface area contributed by atoms with E-state index in [4.69, 9.17) is 9.84 Å². The van der Waals surface area contributed by atoms with Crippen LogP contribution in [0.25, 0.3) is 0 Å². The largest absolute Gasteiger partial charge is 0.394 e. The van der Waals surface area contributed by atoms with Crippen molar-refractivity contribution in [3.05, 3.63) is 64.2 Å². The first kappa shape index (κ1) is 22.2. The average molecular weight is 432 g/mol. The summed E-state index contributed by atoms with van der Waals surface area (Å²) < 4.78 is 5.31. The third kappa shape index (κ3) is 5.79. The Hall–Kier alpha value is -2.46. The van der Waals surface area contributed by atoms with Crippen LogP contribution in [-0.4, -0.2) is 78.3 Å². The summed E-state index contributed by atoms with van der Waals surface area (Å²) in [6, 6.07) is 13.8. The van der Waals surface area contributed by atoms with Crippen LogP contribution in [0.3, 0.4) is 0 Å². The average Bonchev–Trinajstić information content (AvgIpc) is 2.77. The molecule has 1 amide bonds. The molecule has 30 heavy (non-hydrogen) atoms. The van der Waals surface area contributed by atoms with Gasteiger partial charge >= 0.3 is 0 Å². The van der Waals surface area contributed by atoms with E-state index in [-0.39, 0.29) is 18.2 Å². The molecule has 0 radical (unpaired) electrons. The predicted molar refractivity (Wildman–Crippen MR) is 114 cm³/mol. The molecule has 160 valence electrons. The molecule has 8 nitrogen and oxygen atoms in total. The van der Waals surface area contributed by atoms with Gasteiger partial charge in [0.15, 0.2) is 0 Å². The number of aliphatic hydroxyl groups excluding tert-OH is 1. The maximum atomic E-state index is 13.1. The topological polar surface area (TPSA) is 96.2 Å². The van der Waals surface area contributed by atoms with Crippen molar-refractivity contribution in [3.8, 4) is 0 Å². The summed E-state index contributed by atoms with van der Waals surface area (Å²) in [7, 11) is 0. The van der Waals surface area contributed by atoms with E-state index in [1.54, 1.807) is 24.3 Å². The number of nitrogens with zero attached hydrogens (tertiary/aromatic N) is 3. The van der Waals surface area contributed by atoms with Crippen molar-refractivity contribution in [2.45, 2.75) is 9.79 Å². The van der Waals surface area contributed by atoms with Gasteiger partial charge in [-0.3, -0.25) is 19.8 Å². The van der Waals surface area contributed by atoms with E-state index in [0.29, 0.717) is 41.7 Å². The quantitative estimate of drug-likeness (QED) is 0.370. The normalized spacial score (nSPS) is 14.6. The van der Waals surface area contributed by atoms with Crippen LogP contribution in [0.1, 0.15) is 10.4 Å². The highest BCUT2D eigenvalue weighted by Crippen LogP contribution is 2.36. The molecule has 0 aromatic heterocycles. The third-order valence-electron chi connectivity index (χ3n) is 4.85. The van der Waals surface area contributed by atoms with Gasteiger partial charge in [-0.2, -0.15) is 0 Å². The van der Waals surface area contributed by atoms with Gasteiger partial charge < -0.3 is 14.7 Å². The highest BCUT2D eigenvalue weighted by molar-refractivity contribution is 7.99. The zero-order valence-electron chi connectivity index (χ0n) is 16.6. The fourth-order valence-electron chi connectivity index (χ4n) is 3.25. The van der Waals surface area contributed by atoms with Gasteiger partial charge in [0.1, 0.15) is 0 Å². The molecule has 0 atom stereocenters. The van der Waals surface area contributed by atoms with Crippen molar-refractivity contribution in [3.63, 3.8) is 0 Å². The van der Waals surface area contributed by atoms with E-state index < -0.39 is 4.92 Å². The summed E-state index contributed by atoms with van der Waals surface area (Å²) in [6.07, 6.45) is 0. The molecule has 1 fully saturated rings. The Bertz CT molecular complexity index is 871. The molecule has 3 rings (SSSR count). The van der Waals surface area contributed by atoms with E-state index in [1.165, 1.54) is 17.8 Å². The molecule has 0 saturated carbocycles. The molecule has 9 heteroatoms. The molecule has 0 unspecified atom stereocenters. The highest BCUT2D eigenvalue weighted by Gasteiger charge is 2.24. The lowest BCUT2D eigenvalue weighted by Crippen LogP contribution is -2.49. The zero-order valence-corrected chi connectivity index (χ0v) is 17.4. The zero-order chi connectivity index (χ0) is 21.3. The summed E-state index contributed by atoms with van der Waals surface area (Å²) in [5.74, 6) is -0.0622. The number of nitro groups is 1. The number of hydrogen-bond donors (Lipinski definition) is 1. The van der Waals surface area contributed by atoms with Gasteiger partial charge in [-0.25, -0.2) is 0 Å². The monoisotopic (exact) mass is 431 g/mol. The van der Waals surface area contributed by atoms with Gasteiger partial charge in [0, 0.05) is 43.7 Å². The van der Waals surface area contributed by atoms with Crippen molar-refractivity contribution < 1.29 is 19.6 Å². The standard InChI is InChI=1S/C21H25N3O5S/c25-14-16-29-15-13-22-9-11-23(12-10-22)21(26)17-5-1-3-7-19(17)30-20-8-4-2-6-18(20)24(27)28/h1-8,25H,9-16H2. The number of nitro benzene ring substituents is 1. The van der Waals surface area contributed by atoms with Crippen molar-refractivity contribution in [1.82, 2.24) is 9.80 Å². The molecule has 1 saturated heterocycles. The van der Waals surface area contributed by atoms with Crippen molar-refractivity contribution >= 4 is 23.4 Å². The van der Waals surface area contributed by atoms with Crippen LogP contribution in [0, 0.1) is 10.1 Å². The maximum Gasteiger partial charge on any atom is 0.283 e. The molecule has 2 aromatic carbocycles. The van der Waals surface area contributed by atoms with Crippen LogP contribution in [0.4, 0.5) is 5.69 Å². The molecule has 1 aliphatic heterocycles. The Kier molecular flexibility index (Phi) is 8.21. The molecule has 1 heterocycles. The molecule has 0 aliphatic carbocycles. The summed E-state index contributed by atoms with van der Waals surface area (Å²) in [5, 5.41) is 20.1. The van der Waals surface area contributed by atoms with Crippen molar-refractivity contribution in [2.24, 2.45) is 0 Å². The van der Waals surface area contributed by atoms with E-state index >= 15 is 0 Å². The summed E-state index contributed by atoms with van der Waals surface area (Å²) in [4.78, 5) is 29.3. The van der Waals surface area contributed by atoms with Crippen molar-refractivity contribution in [1.29, 1.82) is 0 Å². The lowest BCUT2D eigenvalue weighted by molar-refractivity contribution is -0.387. The summed E-state index contributed by atoms with van der Waals surface area (Å²) >= 11 is 1.24. The Morgan fingerprint density at radius 3 is 2.40 bits per heavy atom. The second-order valence-electron chi connectivity index (χ2n) is 6.79. The smallest absolute Gasteiger partial charge is 0.283 e. The molecule has 1 aliphatic rings. The number of carbonyl (C=O) groups excluding carboxylic acids is 1. The van der Waals surface area contributed by atoms with E-state index in [9.17, 15) is 14.9 Å². The first-order valence-corrected chi connectivity index (χ1v) is 10.6. The summed E-state index contributed by atoms with van der Waals surface area (Å²) in [5.41, 5.74) is 0.585.